The van der Waals surface area contributed by atoms with Crippen molar-refractivity contribution in [3.8, 4) is 0 Å². The second-order valence-electron chi connectivity index (χ2n) is 4.75. The molecule has 0 aromatic carbocycles. The van der Waals surface area contributed by atoms with E-state index in [1.807, 2.05) is 4.90 Å². The van der Waals surface area contributed by atoms with Crippen LogP contribution in [0, 0.1) is 0 Å². The zero-order valence-electron chi connectivity index (χ0n) is 11.4. The number of amides is 2. The fourth-order valence-corrected chi connectivity index (χ4v) is 2.14. The van der Waals surface area contributed by atoms with Crippen LogP contribution in [-0.2, 0) is 11.3 Å². The van der Waals surface area contributed by atoms with Crippen molar-refractivity contribution in [1.82, 2.24) is 25.2 Å². The first-order valence-electron chi connectivity index (χ1n) is 6.87. The Morgan fingerprint density at radius 3 is 2.80 bits per heavy atom. The number of nitrogens with two attached hydrogens (primary N) is 1. The van der Waals surface area contributed by atoms with Gasteiger partial charge in [0.15, 0.2) is 5.69 Å². The predicted octanol–water partition coefficient (Wildman–Crippen LogP) is -1.02. The van der Waals surface area contributed by atoms with Crippen LogP contribution in [0.1, 0.15) is 29.8 Å². The number of rotatable bonds is 6. The summed E-state index contributed by atoms with van der Waals surface area (Å²) >= 11 is 0. The fraction of sp³-hybridized carbons (Fsp3) is 0.667. The first-order valence-corrected chi connectivity index (χ1v) is 6.87. The van der Waals surface area contributed by atoms with Crippen molar-refractivity contribution >= 4 is 11.8 Å². The molecule has 0 radical (unpaired) electrons. The van der Waals surface area contributed by atoms with E-state index >= 15 is 0 Å². The van der Waals surface area contributed by atoms with E-state index in [0.717, 1.165) is 25.9 Å². The highest BCUT2D eigenvalue weighted by Crippen LogP contribution is 2.08. The molecule has 8 heteroatoms. The number of nitrogens with zero attached hydrogens (tertiary/aromatic N) is 4. The molecule has 8 nitrogen and oxygen atoms in total. The summed E-state index contributed by atoms with van der Waals surface area (Å²) in [6.45, 7) is 2.95. The molecular formula is C12H20N6O2. The minimum Gasteiger partial charge on any atom is -0.350 e. The molecule has 0 unspecified atom stereocenters. The highest BCUT2D eigenvalue weighted by atomic mass is 16.2. The van der Waals surface area contributed by atoms with Gasteiger partial charge in [-0.25, -0.2) is 0 Å². The maximum atomic E-state index is 11.8. The average molecular weight is 280 g/mol. The molecule has 1 aromatic heterocycles. The molecule has 1 saturated heterocycles. The van der Waals surface area contributed by atoms with Gasteiger partial charge in [0.25, 0.3) is 5.91 Å². The Labute approximate surface area is 117 Å². The molecular weight excluding hydrogens is 260 g/mol. The largest absolute Gasteiger partial charge is 0.350 e. The van der Waals surface area contributed by atoms with Gasteiger partial charge in [-0.3, -0.25) is 14.3 Å². The van der Waals surface area contributed by atoms with Crippen LogP contribution in [0.3, 0.4) is 0 Å². The Morgan fingerprint density at radius 2 is 2.10 bits per heavy atom. The molecule has 1 fully saturated rings. The van der Waals surface area contributed by atoms with E-state index in [0.29, 0.717) is 26.1 Å². The van der Waals surface area contributed by atoms with Crippen LogP contribution in [0.25, 0.3) is 0 Å². The van der Waals surface area contributed by atoms with Crippen LogP contribution in [0.2, 0.25) is 0 Å². The zero-order chi connectivity index (χ0) is 14.4. The molecule has 3 N–H and O–H groups in total. The van der Waals surface area contributed by atoms with Crippen molar-refractivity contribution in [3.63, 3.8) is 0 Å². The molecule has 0 atom stereocenters. The second kappa shape index (κ2) is 6.99. The van der Waals surface area contributed by atoms with Crippen molar-refractivity contribution < 1.29 is 9.59 Å². The minimum absolute atomic E-state index is 0.0922. The lowest BCUT2D eigenvalue weighted by Crippen LogP contribution is -2.32. The van der Waals surface area contributed by atoms with Gasteiger partial charge in [0.05, 0.1) is 12.7 Å². The standard InChI is InChI=1S/C12H20N6O2/c13-4-8-18-9-10(15-16-18)12(20)14-5-3-11(19)17-6-1-2-7-17/h9H,1-8,13H2,(H,14,20). The highest BCUT2D eigenvalue weighted by Gasteiger charge is 2.18. The summed E-state index contributed by atoms with van der Waals surface area (Å²) in [6.07, 6.45) is 4.01. The van der Waals surface area contributed by atoms with E-state index < -0.39 is 0 Å². The molecule has 2 heterocycles. The lowest BCUT2D eigenvalue weighted by molar-refractivity contribution is -0.129. The van der Waals surface area contributed by atoms with Crippen LogP contribution in [-0.4, -0.2) is 57.9 Å². The predicted molar refractivity (Wildman–Crippen MR) is 71.8 cm³/mol. The van der Waals surface area contributed by atoms with E-state index in [2.05, 4.69) is 15.6 Å². The minimum atomic E-state index is -0.317. The molecule has 2 rings (SSSR count). The second-order valence-corrected chi connectivity index (χ2v) is 4.75. The summed E-state index contributed by atoms with van der Waals surface area (Å²) in [5.74, 6) is -0.225. The average Bonchev–Trinajstić information content (AvgIpc) is 3.10. The summed E-state index contributed by atoms with van der Waals surface area (Å²) in [4.78, 5) is 25.4. The lowest BCUT2D eigenvalue weighted by atomic mass is 10.3. The van der Waals surface area contributed by atoms with Crippen molar-refractivity contribution in [2.75, 3.05) is 26.2 Å². The molecule has 2 amide bonds. The Balaban J connectivity index is 1.72. The maximum Gasteiger partial charge on any atom is 0.273 e. The fourth-order valence-electron chi connectivity index (χ4n) is 2.14. The maximum absolute atomic E-state index is 11.8. The first kappa shape index (κ1) is 14.4. The van der Waals surface area contributed by atoms with Crippen LogP contribution >= 0.6 is 0 Å². The smallest absolute Gasteiger partial charge is 0.273 e. The lowest BCUT2D eigenvalue weighted by Gasteiger charge is -2.14. The van der Waals surface area contributed by atoms with Crippen LogP contribution in [0.4, 0.5) is 0 Å². The van der Waals surface area contributed by atoms with Crippen LogP contribution in [0.5, 0.6) is 0 Å². The number of hydrogen-bond acceptors (Lipinski definition) is 5. The molecule has 110 valence electrons. The van der Waals surface area contributed by atoms with Gasteiger partial charge < -0.3 is 16.0 Å². The van der Waals surface area contributed by atoms with E-state index in [-0.39, 0.29) is 17.5 Å². The zero-order valence-corrected chi connectivity index (χ0v) is 11.4. The Hall–Kier alpha value is -1.96. The SMILES string of the molecule is NCCn1cc(C(=O)NCCC(=O)N2CCCC2)nn1. The van der Waals surface area contributed by atoms with Gasteiger partial charge in [-0.15, -0.1) is 5.10 Å². The Bertz CT molecular complexity index is 466. The van der Waals surface area contributed by atoms with Crippen molar-refractivity contribution in [1.29, 1.82) is 0 Å². The summed E-state index contributed by atoms with van der Waals surface area (Å²) in [6, 6.07) is 0. The van der Waals surface area contributed by atoms with E-state index in [1.54, 1.807) is 6.20 Å². The summed E-state index contributed by atoms with van der Waals surface area (Å²) in [5.41, 5.74) is 5.63. The molecule has 20 heavy (non-hydrogen) atoms. The van der Waals surface area contributed by atoms with Gasteiger partial charge in [0, 0.05) is 32.6 Å². The van der Waals surface area contributed by atoms with Gasteiger partial charge in [0.1, 0.15) is 0 Å². The summed E-state index contributed by atoms with van der Waals surface area (Å²) in [5, 5.41) is 10.2. The van der Waals surface area contributed by atoms with Crippen molar-refractivity contribution in [2.24, 2.45) is 5.73 Å². The number of likely N-dealkylation sites (tertiary alicyclic amines) is 1. The van der Waals surface area contributed by atoms with Gasteiger partial charge in [-0.2, -0.15) is 0 Å². The molecule has 1 aliphatic rings. The molecule has 1 aliphatic heterocycles. The van der Waals surface area contributed by atoms with Crippen molar-refractivity contribution in [3.05, 3.63) is 11.9 Å². The number of nitrogens with one attached hydrogen (secondary N) is 1. The number of aromatic nitrogens is 3. The molecule has 0 saturated carbocycles. The van der Waals surface area contributed by atoms with Gasteiger partial charge in [-0.05, 0) is 12.8 Å². The number of carbonyl (C=O) groups excluding carboxylic acids is 2. The Morgan fingerprint density at radius 1 is 1.35 bits per heavy atom. The third-order valence-electron chi connectivity index (χ3n) is 3.21. The molecule has 0 aliphatic carbocycles. The summed E-state index contributed by atoms with van der Waals surface area (Å²) < 4.78 is 1.52. The Kier molecular flexibility index (Phi) is 5.05. The van der Waals surface area contributed by atoms with E-state index in [9.17, 15) is 9.59 Å². The monoisotopic (exact) mass is 280 g/mol. The van der Waals surface area contributed by atoms with Gasteiger partial charge in [0.2, 0.25) is 5.91 Å². The summed E-state index contributed by atoms with van der Waals surface area (Å²) in [7, 11) is 0. The van der Waals surface area contributed by atoms with E-state index in [1.165, 1.54) is 4.68 Å². The third-order valence-corrected chi connectivity index (χ3v) is 3.21. The molecule has 0 spiro atoms. The molecule has 1 aromatic rings. The quantitative estimate of drug-likeness (QED) is 0.693. The van der Waals surface area contributed by atoms with Crippen LogP contribution < -0.4 is 11.1 Å². The molecule has 0 bridgehead atoms. The van der Waals surface area contributed by atoms with E-state index in [4.69, 9.17) is 5.73 Å². The number of hydrogen-bond donors (Lipinski definition) is 2. The van der Waals surface area contributed by atoms with Gasteiger partial charge in [-0.1, -0.05) is 5.21 Å². The van der Waals surface area contributed by atoms with Crippen LogP contribution in [0.15, 0.2) is 6.20 Å². The highest BCUT2D eigenvalue weighted by molar-refractivity contribution is 5.92. The number of carbonyl (C=O) groups is 2. The first-order chi connectivity index (χ1) is 9.70. The third kappa shape index (κ3) is 3.77. The topological polar surface area (TPSA) is 106 Å². The normalized spacial score (nSPS) is 14.6. The van der Waals surface area contributed by atoms with Gasteiger partial charge >= 0.3 is 0 Å². The van der Waals surface area contributed by atoms with Crippen molar-refractivity contribution in [2.45, 2.75) is 25.8 Å².